The van der Waals surface area contributed by atoms with E-state index in [1.54, 1.807) is 4.90 Å². The van der Waals surface area contributed by atoms with Crippen molar-refractivity contribution in [3.63, 3.8) is 0 Å². The fraction of sp³-hybridized carbons (Fsp3) is 0.385. The van der Waals surface area contributed by atoms with Crippen LogP contribution in [0.2, 0.25) is 0 Å². The third-order valence-electron chi connectivity index (χ3n) is 3.09. The molecule has 1 fully saturated rings. The Morgan fingerprint density at radius 2 is 2.14 bits per heavy atom. The van der Waals surface area contributed by atoms with Crippen molar-refractivity contribution in [1.29, 1.82) is 0 Å². The molecule has 1 nitrogen and oxygen atoms in total. The van der Waals surface area contributed by atoms with Gasteiger partial charge in [0.25, 0.3) is 0 Å². The molecular formula is C13H18N+. The van der Waals surface area contributed by atoms with Gasteiger partial charge in [0.15, 0.2) is 0 Å². The second kappa shape index (κ2) is 4.43. The predicted octanol–water partition coefficient (Wildman–Crippen LogP) is 1.24. The van der Waals surface area contributed by atoms with Crippen LogP contribution in [-0.4, -0.2) is 19.6 Å². The minimum atomic E-state index is 0.770. The molecule has 1 heteroatoms. The molecule has 1 aromatic carbocycles. The Hall–Kier alpha value is -1.08. The quantitative estimate of drug-likeness (QED) is 0.681. The van der Waals surface area contributed by atoms with Crippen LogP contribution in [0.4, 0.5) is 0 Å². The van der Waals surface area contributed by atoms with Crippen LogP contribution in [0.1, 0.15) is 17.9 Å². The van der Waals surface area contributed by atoms with Gasteiger partial charge < -0.3 is 4.90 Å². The zero-order chi connectivity index (χ0) is 9.80. The van der Waals surface area contributed by atoms with Gasteiger partial charge >= 0.3 is 0 Å². The van der Waals surface area contributed by atoms with E-state index in [4.69, 9.17) is 0 Å². The fourth-order valence-electron chi connectivity index (χ4n) is 2.33. The largest absolute Gasteiger partial charge is 0.331 e. The van der Waals surface area contributed by atoms with E-state index in [0.29, 0.717) is 0 Å². The maximum Gasteiger partial charge on any atom is 0.0955 e. The Balaban J connectivity index is 1.99. The summed E-state index contributed by atoms with van der Waals surface area (Å²) in [5.41, 5.74) is 1.51. The van der Waals surface area contributed by atoms with Crippen LogP contribution >= 0.6 is 0 Å². The summed E-state index contributed by atoms with van der Waals surface area (Å²) in [7, 11) is 0. The average Bonchev–Trinajstić information content (AvgIpc) is 2.68. The monoisotopic (exact) mass is 188 g/mol. The van der Waals surface area contributed by atoms with Crippen LogP contribution in [0.3, 0.4) is 0 Å². The maximum absolute atomic E-state index is 3.80. The van der Waals surface area contributed by atoms with Gasteiger partial charge in [-0.2, -0.15) is 0 Å². The van der Waals surface area contributed by atoms with E-state index in [1.807, 2.05) is 6.08 Å². The molecule has 2 atom stereocenters. The molecule has 0 aliphatic carbocycles. The van der Waals surface area contributed by atoms with Crippen molar-refractivity contribution in [2.24, 2.45) is 0 Å². The molecule has 1 aromatic rings. The first kappa shape index (κ1) is 9.47. The Morgan fingerprint density at radius 3 is 2.86 bits per heavy atom. The van der Waals surface area contributed by atoms with Crippen molar-refractivity contribution in [2.75, 3.05) is 19.6 Å². The van der Waals surface area contributed by atoms with Crippen LogP contribution in [0.25, 0.3) is 0 Å². The summed E-state index contributed by atoms with van der Waals surface area (Å²) in [4.78, 5) is 1.67. The van der Waals surface area contributed by atoms with E-state index in [0.717, 1.165) is 12.5 Å². The van der Waals surface area contributed by atoms with Crippen molar-refractivity contribution in [2.45, 2.75) is 12.3 Å². The highest BCUT2D eigenvalue weighted by atomic mass is 15.1. The van der Waals surface area contributed by atoms with Gasteiger partial charge in [-0.25, -0.2) is 0 Å². The second-order valence-corrected chi connectivity index (χ2v) is 4.09. The minimum absolute atomic E-state index is 0.770. The van der Waals surface area contributed by atoms with Crippen molar-refractivity contribution >= 4 is 0 Å². The predicted molar refractivity (Wildman–Crippen MR) is 59.6 cm³/mol. The zero-order valence-corrected chi connectivity index (χ0v) is 8.58. The van der Waals surface area contributed by atoms with E-state index in [2.05, 4.69) is 36.9 Å². The number of hydrogen-bond donors (Lipinski definition) is 1. The van der Waals surface area contributed by atoms with Gasteiger partial charge in [-0.1, -0.05) is 36.9 Å². The molecule has 0 aromatic heterocycles. The highest BCUT2D eigenvalue weighted by Crippen LogP contribution is 2.19. The lowest BCUT2D eigenvalue weighted by atomic mass is 9.99. The van der Waals surface area contributed by atoms with Crippen molar-refractivity contribution in [1.82, 2.24) is 0 Å². The molecule has 1 N–H and O–H groups in total. The summed E-state index contributed by atoms with van der Waals surface area (Å²) in [5, 5.41) is 0. The standard InChI is InChI=1S/C13H17N/c1-2-9-14-10-8-13(11-14)12-6-4-3-5-7-12/h2-7,13H,1,8-11H2/p+1/t13-/m0/s1. The number of quaternary nitrogens is 1. The highest BCUT2D eigenvalue weighted by molar-refractivity contribution is 5.19. The lowest BCUT2D eigenvalue weighted by Crippen LogP contribution is -3.09. The van der Waals surface area contributed by atoms with Crippen molar-refractivity contribution in [3.05, 3.63) is 48.6 Å². The highest BCUT2D eigenvalue weighted by Gasteiger charge is 2.25. The molecule has 74 valence electrons. The number of nitrogens with one attached hydrogen (secondary N) is 1. The van der Waals surface area contributed by atoms with Crippen LogP contribution < -0.4 is 4.90 Å². The number of hydrogen-bond acceptors (Lipinski definition) is 0. The first-order chi connectivity index (χ1) is 6.90. The molecule has 1 unspecified atom stereocenters. The molecule has 1 saturated heterocycles. The van der Waals surface area contributed by atoms with Gasteiger partial charge in [0, 0.05) is 12.3 Å². The van der Waals surface area contributed by atoms with Crippen molar-refractivity contribution < 1.29 is 4.90 Å². The second-order valence-electron chi connectivity index (χ2n) is 4.09. The molecule has 1 aliphatic rings. The molecule has 0 bridgehead atoms. The SMILES string of the molecule is C=CC[NH+]1CC[C@H](c2ccccc2)C1. The average molecular weight is 188 g/mol. The van der Waals surface area contributed by atoms with E-state index in [1.165, 1.54) is 25.1 Å². The number of benzene rings is 1. The molecule has 1 heterocycles. The zero-order valence-electron chi connectivity index (χ0n) is 8.58. The van der Waals surface area contributed by atoms with Gasteiger partial charge in [-0.05, 0) is 11.6 Å². The van der Waals surface area contributed by atoms with Crippen LogP contribution in [0.15, 0.2) is 43.0 Å². The summed E-state index contributed by atoms with van der Waals surface area (Å²) >= 11 is 0. The maximum atomic E-state index is 3.80. The van der Waals surface area contributed by atoms with E-state index >= 15 is 0 Å². The molecule has 2 rings (SSSR count). The van der Waals surface area contributed by atoms with E-state index in [-0.39, 0.29) is 0 Å². The lowest BCUT2D eigenvalue weighted by molar-refractivity contribution is -0.881. The summed E-state index contributed by atoms with van der Waals surface area (Å²) < 4.78 is 0. The van der Waals surface area contributed by atoms with Crippen molar-refractivity contribution in [3.8, 4) is 0 Å². The summed E-state index contributed by atoms with van der Waals surface area (Å²) in [5.74, 6) is 0.770. The molecule has 0 amide bonds. The molecule has 14 heavy (non-hydrogen) atoms. The summed E-state index contributed by atoms with van der Waals surface area (Å²) in [6.45, 7) is 7.49. The molecule has 0 saturated carbocycles. The van der Waals surface area contributed by atoms with E-state index in [9.17, 15) is 0 Å². The topological polar surface area (TPSA) is 4.44 Å². The Bertz CT molecular complexity index is 291. The molecule has 1 aliphatic heterocycles. The lowest BCUT2D eigenvalue weighted by Gasteiger charge is -2.10. The molecule has 0 spiro atoms. The third kappa shape index (κ3) is 2.05. The third-order valence-corrected chi connectivity index (χ3v) is 3.09. The van der Waals surface area contributed by atoms with E-state index < -0.39 is 0 Å². The smallest absolute Gasteiger partial charge is 0.0955 e. The normalized spacial score (nSPS) is 26.3. The Morgan fingerprint density at radius 1 is 1.36 bits per heavy atom. The Kier molecular flexibility index (Phi) is 3.00. The van der Waals surface area contributed by atoms with Gasteiger partial charge in [0.2, 0.25) is 0 Å². The molecule has 0 radical (unpaired) electrons. The van der Waals surface area contributed by atoms with Crippen LogP contribution in [-0.2, 0) is 0 Å². The van der Waals surface area contributed by atoms with Crippen LogP contribution in [0.5, 0.6) is 0 Å². The van der Waals surface area contributed by atoms with Gasteiger partial charge in [-0.15, -0.1) is 0 Å². The van der Waals surface area contributed by atoms with Crippen LogP contribution in [0, 0.1) is 0 Å². The first-order valence-electron chi connectivity index (χ1n) is 5.39. The summed E-state index contributed by atoms with van der Waals surface area (Å²) in [6.07, 6.45) is 3.36. The van der Waals surface area contributed by atoms with Gasteiger partial charge in [-0.3, -0.25) is 0 Å². The fourth-order valence-corrected chi connectivity index (χ4v) is 2.33. The number of rotatable bonds is 3. The Labute approximate surface area is 86.1 Å². The number of likely N-dealkylation sites (tertiary alicyclic amines) is 1. The van der Waals surface area contributed by atoms with Gasteiger partial charge in [0.05, 0.1) is 19.6 Å². The molecular weight excluding hydrogens is 170 g/mol. The summed E-state index contributed by atoms with van der Waals surface area (Å²) in [6, 6.07) is 10.9. The first-order valence-corrected chi connectivity index (χ1v) is 5.39. The van der Waals surface area contributed by atoms with Gasteiger partial charge in [0.1, 0.15) is 0 Å². The minimum Gasteiger partial charge on any atom is -0.331 e.